The summed E-state index contributed by atoms with van der Waals surface area (Å²) in [6.07, 6.45) is 0.458. The number of carbonyl (C=O) groups excluding carboxylic acids is 2. The van der Waals surface area contributed by atoms with Crippen LogP contribution in [0.15, 0.2) is 36.4 Å². The Bertz CT molecular complexity index is 853. The summed E-state index contributed by atoms with van der Waals surface area (Å²) in [7, 11) is 0. The van der Waals surface area contributed by atoms with Gasteiger partial charge in [0.15, 0.2) is 6.61 Å². The van der Waals surface area contributed by atoms with E-state index in [0.717, 1.165) is 11.1 Å². The molecule has 1 aliphatic heterocycles. The van der Waals surface area contributed by atoms with E-state index < -0.39 is 17.8 Å². The molecule has 2 aromatic rings. The van der Waals surface area contributed by atoms with Crippen LogP contribution >= 0.6 is 23.2 Å². The van der Waals surface area contributed by atoms with Crippen LogP contribution in [0.1, 0.15) is 11.1 Å². The normalized spacial score (nSPS) is 15.6. The van der Waals surface area contributed by atoms with E-state index in [2.05, 4.69) is 5.32 Å². The Balaban J connectivity index is 1.53. The number of nitrogens with one attached hydrogen (secondary N) is 1. The molecule has 0 aromatic heterocycles. The van der Waals surface area contributed by atoms with Crippen molar-refractivity contribution in [2.45, 2.75) is 13.3 Å². The first kappa shape index (κ1) is 18.5. The minimum Gasteiger partial charge on any atom is -0.492 e. The van der Waals surface area contributed by atoms with Gasteiger partial charge < -0.3 is 14.8 Å². The lowest BCUT2D eigenvalue weighted by Crippen LogP contribution is -2.32. The van der Waals surface area contributed by atoms with Crippen LogP contribution in [0, 0.1) is 12.8 Å². The molecule has 0 saturated heterocycles. The number of aryl methyl sites for hydroxylation is 1. The summed E-state index contributed by atoms with van der Waals surface area (Å²) < 4.78 is 10.7. The van der Waals surface area contributed by atoms with Gasteiger partial charge in [-0.15, -0.1) is 0 Å². The molecular formula is C19H17Cl2NO4. The van der Waals surface area contributed by atoms with Gasteiger partial charge in [0, 0.05) is 5.02 Å². The van der Waals surface area contributed by atoms with E-state index in [1.165, 1.54) is 0 Å². The SMILES string of the molecule is Cc1ccc(NC(=O)COC(=O)[C@H]2COc3ccc(Cl)cc3C2)c(Cl)c1. The van der Waals surface area contributed by atoms with Crippen molar-refractivity contribution in [2.24, 2.45) is 5.92 Å². The molecule has 136 valence electrons. The molecule has 5 nitrogen and oxygen atoms in total. The molecule has 7 heteroatoms. The second-order valence-corrected chi connectivity index (χ2v) is 6.95. The fraction of sp³-hybridized carbons (Fsp3) is 0.263. The number of anilines is 1. The minimum atomic E-state index is -0.485. The third kappa shape index (κ3) is 4.48. The maximum atomic E-state index is 12.2. The largest absolute Gasteiger partial charge is 0.492 e. The van der Waals surface area contributed by atoms with Crippen LogP contribution in [0.2, 0.25) is 10.0 Å². The van der Waals surface area contributed by atoms with Crippen LogP contribution < -0.4 is 10.1 Å². The van der Waals surface area contributed by atoms with Crippen molar-refractivity contribution in [3.05, 3.63) is 57.6 Å². The Kier molecular flexibility index (Phi) is 5.69. The fourth-order valence-corrected chi connectivity index (χ4v) is 3.15. The minimum absolute atomic E-state index is 0.207. The molecule has 0 bridgehead atoms. The number of esters is 1. The van der Waals surface area contributed by atoms with Crippen molar-refractivity contribution in [1.29, 1.82) is 0 Å². The second-order valence-electron chi connectivity index (χ2n) is 6.10. The lowest BCUT2D eigenvalue weighted by molar-refractivity contribution is -0.152. The third-order valence-corrected chi connectivity index (χ3v) is 4.55. The Morgan fingerprint density at radius 1 is 1.23 bits per heavy atom. The highest BCUT2D eigenvalue weighted by molar-refractivity contribution is 6.33. The summed E-state index contributed by atoms with van der Waals surface area (Å²) in [6, 6.07) is 10.5. The van der Waals surface area contributed by atoms with Gasteiger partial charge in [-0.25, -0.2) is 0 Å². The van der Waals surface area contributed by atoms with E-state index >= 15 is 0 Å². The predicted molar refractivity (Wildman–Crippen MR) is 99.9 cm³/mol. The molecule has 1 heterocycles. The molecule has 0 unspecified atom stereocenters. The number of benzene rings is 2. The molecule has 1 amide bonds. The zero-order chi connectivity index (χ0) is 18.7. The van der Waals surface area contributed by atoms with Crippen LogP contribution in [0.3, 0.4) is 0 Å². The molecule has 0 radical (unpaired) electrons. The first-order chi connectivity index (χ1) is 12.4. The lowest BCUT2D eigenvalue weighted by atomic mass is 9.97. The van der Waals surface area contributed by atoms with Gasteiger partial charge in [0.1, 0.15) is 12.4 Å². The summed E-state index contributed by atoms with van der Waals surface area (Å²) in [4.78, 5) is 24.2. The van der Waals surface area contributed by atoms with Gasteiger partial charge in [-0.3, -0.25) is 9.59 Å². The number of hydrogen-bond donors (Lipinski definition) is 1. The lowest BCUT2D eigenvalue weighted by Gasteiger charge is -2.24. The van der Waals surface area contributed by atoms with E-state index in [4.69, 9.17) is 32.7 Å². The van der Waals surface area contributed by atoms with Crippen molar-refractivity contribution < 1.29 is 19.1 Å². The van der Waals surface area contributed by atoms with E-state index in [9.17, 15) is 9.59 Å². The molecule has 0 fully saturated rings. The molecule has 0 saturated carbocycles. The van der Waals surface area contributed by atoms with E-state index in [1.54, 1.807) is 30.3 Å². The summed E-state index contributed by atoms with van der Waals surface area (Å²) in [5.74, 6) is -0.702. The van der Waals surface area contributed by atoms with Crippen LogP contribution in [0.4, 0.5) is 5.69 Å². The number of hydrogen-bond acceptors (Lipinski definition) is 4. The molecule has 2 aromatic carbocycles. The molecule has 3 rings (SSSR count). The predicted octanol–water partition coefficient (Wildman–Crippen LogP) is 4.03. The van der Waals surface area contributed by atoms with Crippen molar-refractivity contribution in [3.8, 4) is 5.75 Å². The van der Waals surface area contributed by atoms with Gasteiger partial charge in [-0.05, 0) is 54.8 Å². The highest BCUT2D eigenvalue weighted by Crippen LogP contribution is 2.30. The molecule has 26 heavy (non-hydrogen) atoms. The molecule has 1 N–H and O–H groups in total. The molecule has 0 spiro atoms. The first-order valence-corrected chi connectivity index (χ1v) is 8.82. The molecule has 0 aliphatic carbocycles. The molecule has 1 aliphatic rings. The van der Waals surface area contributed by atoms with Crippen molar-refractivity contribution in [3.63, 3.8) is 0 Å². The van der Waals surface area contributed by atoms with Crippen molar-refractivity contribution >= 4 is 40.8 Å². The summed E-state index contributed by atoms with van der Waals surface area (Å²) >= 11 is 12.0. The van der Waals surface area contributed by atoms with Gasteiger partial charge in [0.2, 0.25) is 0 Å². The quantitative estimate of drug-likeness (QED) is 0.796. The molecular weight excluding hydrogens is 377 g/mol. The van der Waals surface area contributed by atoms with Gasteiger partial charge >= 0.3 is 5.97 Å². The van der Waals surface area contributed by atoms with Crippen LogP contribution in [-0.4, -0.2) is 25.1 Å². The smallest absolute Gasteiger partial charge is 0.313 e. The van der Waals surface area contributed by atoms with Gasteiger partial charge in [-0.2, -0.15) is 0 Å². The Hall–Kier alpha value is -2.24. The van der Waals surface area contributed by atoms with Crippen molar-refractivity contribution in [1.82, 2.24) is 0 Å². The first-order valence-electron chi connectivity index (χ1n) is 8.06. The van der Waals surface area contributed by atoms with Gasteiger partial charge in [0.25, 0.3) is 5.91 Å². The summed E-state index contributed by atoms with van der Waals surface area (Å²) in [5, 5.41) is 3.63. The number of carbonyl (C=O) groups is 2. The highest BCUT2D eigenvalue weighted by atomic mass is 35.5. The number of halogens is 2. The number of amides is 1. The fourth-order valence-electron chi connectivity index (χ4n) is 2.68. The molecule has 1 atom stereocenters. The number of ether oxygens (including phenoxy) is 2. The topological polar surface area (TPSA) is 64.6 Å². The van der Waals surface area contributed by atoms with Gasteiger partial charge in [0.05, 0.1) is 16.6 Å². The maximum Gasteiger partial charge on any atom is 0.313 e. The van der Waals surface area contributed by atoms with E-state index in [0.29, 0.717) is 27.9 Å². The average molecular weight is 394 g/mol. The maximum absolute atomic E-state index is 12.2. The Labute approximate surface area is 161 Å². The van der Waals surface area contributed by atoms with E-state index in [1.807, 2.05) is 13.0 Å². The summed E-state index contributed by atoms with van der Waals surface area (Å²) in [5.41, 5.74) is 2.31. The van der Waals surface area contributed by atoms with E-state index in [-0.39, 0.29) is 13.2 Å². The zero-order valence-corrected chi connectivity index (χ0v) is 15.6. The highest BCUT2D eigenvalue weighted by Gasteiger charge is 2.28. The average Bonchev–Trinajstić information content (AvgIpc) is 2.61. The Morgan fingerprint density at radius 3 is 2.81 bits per heavy atom. The van der Waals surface area contributed by atoms with Crippen LogP contribution in [-0.2, 0) is 20.7 Å². The van der Waals surface area contributed by atoms with Gasteiger partial charge in [-0.1, -0.05) is 29.3 Å². The third-order valence-electron chi connectivity index (χ3n) is 4.01. The Morgan fingerprint density at radius 2 is 2.04 bits per heavy atom. The van der Waals surface area contributed by atoms with Crippen molar-refractivity contribution in [2.75, 3.05) is 18.5 Å². The van der Waals surface area contributed by atoms with Crippen LogP contribution in [0.5, 0.6) is 5.75 Å². The number of fused-ring (bicyclic) bond motifs is 1. The van der Waals surface area contributed by atoms with Crippen LogP contribution in [0.25, 0.3) is 0 Å². The number of rotatable bonds is 4. The standard InChI is InChI=1S/C19H17Cl2NO4/c1-11-2-4-16(15(21)6-11)22-18(23)10-26-19(24)13-7-12-8-14(20)3-5-17(12)25-9-13/h2-6,8,13H,7,9-10H2,1H3,(H,22,23)/t13-/m1/s1. The zero-order valence-electron chi connectivity index (χ0n) is 14.1. The second kappa shape index (κ2) is 7.98. The monoisotopic (exact) mass is 393 g/mol. The summed E-state index contributed by atoms with van der Waals surface area (Å²) in [6.45, 7) is 1.72.